The van der Waals surface area contributed by atoms with Crippen LogP contribution in [0.4, 0.5) is 0 Å². The molecule has 0 aliphatic carbocycles. The summed E-state index contributed by atoms with van der Waals surface area (Å²) in [6.07, 6.45) is 5.78. The molecule has 1 unspecified atom stereocenters. The molecular weight excluding hydrogens is 358 g/mol. The van der Waals surface area contributed by atoms with Gasteiger partial charge in [0.25, 0.3) is 5.91 Å². The molecule has 4 heterocycles. The molecule has 1 aliphatic heterocycles. The van der Waals surface area contributed by atoms with Crippen LogP contribution in [0.25, 0.3) is 10.6 Å². The number of carbonyl (C=O) groups is 1. The van der Waals surface area contributed by atoms with Crippen molar-refractivity contribution < 1.29 is 4.79 Å². The van der Waals surface area contributed by atoms with Gasteiger partial charge in [-0.1, -0.05) is 12.1 Å². The molecule has 0 spiro atoms. The van der Waals surface area contributed by atoms with Gasteiger partial charge in [-0.25, -0.2) is 0 Å². The maximum Gasteiger partial charge on any atom is 0.269 e. The maximum absolute atomic E-state index is 12.8. The molecule has 0 radical (unpaired) electrons. The number of aromatic nitrogens is 3. The molecule has 0 saturated carbocycles. The summed E-state index contributed by atoms with van der Waals surface area (Å²) in [5, 5.41) is 9.70. The summed E-state index contributed by atoms with van der Waals surface area (Å²) in [5.74, 6) is -0.0546. The Bertz CT molecular complexity index is 891. The van der Waals surface area contributed by atoms with Crippen molar-refractivity contribution in [3.63, 3.8) is 0 Å². The average Bonchev–Trinajstić information content (AvgIpc) is 3.32. The molecule has 1 aliphatic rings. The number of nitrogens with one attached hydrogen (secondary N) is 1. The van der Waals surface area contributed by atoms with Crippen molar-refractivity contribution in [2.24, 2.45) is 7.05 Å². The van der Waals surface area contributed by atoms with Crippen LogP contribution in [0.3, 0.4) is 0 Å². The maximum atomic E-state index is 12.8. The van der Waals surface area contributed by atoms with E-state index in [0.717, 1.165) is 43.0 Å². The van der Waals surface area contributed by atoms with Gasteiger partial charge in [0, 0.05) is 38.6 Å². The first kappa shape index (κ1) is 17.9. The van der Waals surface area contributed by atoms with Crippen molar-refractivity contribution in [3.8, 4) is 10.6 Å². The van der Waals surface area contributed by atoms with Crippen molar-refractivity contribution in [2.75, 3.05) is 13.1 Å². The third-order valence-electron chi connectivity index (χ3n) is 4.86. The molecule has 1 amide bonds. The largest absolute Gasteiger partial charge is 0.347 e. The number of thiophene rings is 1. The lowest BCUT2D eigenvalue weighted by Crippen LogP contribution is -2.47. The highest BCUT2D eigenvalue weighted by molar-refractivity contribution is 7.13. The fourth-order valence-corrected chi connectivity index (χ4v) is 4.23. The van der Waals surface area contributed by atoms with E-state index in [2.05, 4.69) is 26.4 Å². The molecule has 3 aromatic rings. The number of rotatable bonds is 5. The van der Waals surface area contributed by atoms with Gasteiger partial charge in [0.15, 0.2) is 0 Å². The van der Waals surface area contributed by atoms with E-state index in [9.17, 15) is 4.79 Å². The smallest absolute Gasteiger partial charge is 0.269 e. The molecule has 3 aromatic heterocycles. The Hall–Kier alpha value is -2.51. The quantitative estimate of drug-likeness (QED) is 0.738. The van der Waals surface area contributed by atoms with E-state index in [1.165, 1.54) is 5.56 Å². The zero-order chi connectivity index (χ0) is 18.6. The summed E-state index contributed by atoms with van der Waals surface area (Å²) >= 11 is 1.63. The summed E-state index contributed by atoms with van der Waals surface area (Å²) in [7, 11) is 1.82. The second kappa shape index (κ2) is 8.02. The summed E-state index contributed by atoms with van der Waals surface area (Å²) in [6.45, 7) is 2.78. The molecule has 27 heavy (non-hydrogen) atoms. The average molecular weight is 382 g/mol. The monoisotopic (exact) mass is 381 g/mol. The van der Waals surface area contributed by atoms with Crippen LogP contribution in [0.1, 0.15) is 28.9 Å². The zero-order valence-corrected chi connectivity index (χ0v) is 16.2. The third kappa shape index (κ3) is 4.26. The molecule has 4 rings (SSSR count). The van der Waals surface area contributed by atoms with Gasteiger partial charge in [-0.05, 0) is 48.5 Å². The highest BCUT2D eigenvalue weighted by atomic mass is 32.1. The number of pyridine rings is 1. The van der Waals surface area contributed by atoms with Crippen LogP contribution in [0.5, 0.6) is 0 Å². The van der Waals surface area contributed by atoms with E-state index in [1.54, 1.807) is 22.2 Å². The lowest BCUT2D eigenvalue weighted by atomic mass is 10.0. The van der Waals surface area contributed by atoms with E-state index in [-0.39, 0.29) is 11.9 Å². The van der Waals surface area contributed by atoms with Crippen LogP contribution >= 0.6 is 11.3 Å². The van der Waals surface area contributed by atoms with E-state index in [4.69, 9.17) is 0 Å². The number of aryl methyl sites for hydroxylation is 1. The standard InChI is InChI=1S/C20H23N5OS/c1-24-18(11-17(23-24)19-7-4-10-27-19)20(26)22-16-6-3-9-25(14-16)13-15-5-2-8-21-12-15/h2,4-5,7-8,10-12,16H,3,6,9,13-14H2,1H3,(H,22,26). The minimum atomic E-state index is -0.0546. The highest BCUT2D eigenvalue weighted by Crippen LogP contribution is 2.24. The van der Waals surface area contributed by atoms with Crippen molar-refractivity contribution in [3.05, 3.63) is 59.4 Å². The van der Waals surface area contributed by atoms with Gasteiger partial charge in [-0.15, -0.1) is 11.3 Å². The first-order chi connectivity index (χ1) is 13.2. The summed E-state index contributed by atoms with van der Waals surface area (Å²) in [4.78, 5) is 20.4. The highest BCUT2D eigenvalue weighted by Gasteiger charge is 2.23. The van der Waals surface area contributed by atoms with Gasteiger partial charge in [-0.3, -0.25) is 19.4 Å². The number of amides is 1. The first-order valence-electron chi connectivity index (χ1n) is 9.19. The van der Waals surface area contributed by atoms with E-state index >= 15 is 0 Å². The van der Waals surface area contributed by atoms with Crippen LogP contribution in [-0.2, 0) is 13.6 Å². The van der Waals surface area contributed by atoms with Crippen LogP contribution in [0.2, 0.25) is 0 Å². The van der Waals surface area contributed by atoms with Gasteiger partial charge >= 0.3 is 0 Å². The Labute approximate surface area is 162 Å². The van der Waals surface area contributed by atoms with Gasteiger partial charge in [-0.2, -0.15) is 5.10 Å². The fourth-order valence-electron chi connectivity index (χ4n) is 3.55. The molecule has 7 heteroatoms. The Morgan fingerprint density at radius 1 is 1.37 bits per heavy atom. The van der Waals surface area contributed by atoms with Crippen molar-refractivity contribution in [2.45, 2.75) is 25.4 Å². The Balaban J connectivity index is 1.39. The van der Waals surface area contributed by atoms with Gasteiger partial charge in [0.2, 0.25) is 0 Å². The minimum Gasteiger partial charge on any atom is -0.347 e. The van der Waals surface area contributed by atoms with Crippen molar-refractivity contribution in [1.82, 2.24) is 25.0 Å². The van der Waals surface area contributed by atoms with E-state index < -0.39 is 0 Å². The SMILES string of the molecule is Cn1nc(-c2cccs2)cc1C(=O)NC1CCCN(Cc2cccnc2)C1. The number of carbonyl (C=O) groups excluding carboxylic acids is 1. The summed E-state index contributed by atoms with van der Waals surface area (Å²) in [6, 6.07) is 10.1. The Morgan fingerprint density at radius 3 is 3.07 bits per heavy atom. The summed E-state index contributed by atoms with van der Waals surface area (Å²) in [5.41, 5.74) is 2.65. The fraction of sp³-hybridized carbons (Fsp3) is 0.350. The van der Waals surface area contributed by atoms with Crippen molar-refractivity contribution in [1.29, 1.82) is 0 Å². The van der Waals surface area contributed by atoms with Gasteiger partial charge < -0.3 is 5.32 Å². The molecule has 0 bridgehead atoms. The van der Waals surface area contributed by atoms with Crippen LogP contribution in [0.15, 0.2) is 48.1 Å². The van der Waals surface area contributed by atoms with Crippen LogP contribution < -0.4 is 5.32 Å². The van der Waals surface area contributed by atoms with E-state index in [0.29, 0.717) is 5.69 Å². The number of likely N-dealkylation sites (tertiary alicyclic amines) is 1. The molecular formula is C20H23N5OS. The molecule has 1 N–H and O–H groups in total. The van der Waals surface area contributed by atoms with E-state index in [1.807, 2.05) is 42.9 Å². The van der Waals surface area contributed by atoms with Gasteiger partial charge in [0.05, 0.1) is 4.88 Å². The molecule has 1 atom stereocenters. The lowest BCUT2D eigenvalue weighted by Gasteiger charge is -2.33. The molecule has 6 nitrogen and oxygen atoms in total. The lowest BCUT2D eigenvalue weighted by molar-refractivity contribution is 0.0891. The number of hydrogen-bond acceptors (Lipinski definition) is 5. The molecule has 1 saturated heterocycles. The first-order valence-corrected chi connectivity index (χ1v) is 10.1. The normalized spacial score (nSPS) is 17.7. The molecule has 1 fully saturated rings. The second-order valence-corrected chi connectivity index (χ2v) is 7.87. The number of nitrogens with zero attached hydrogens (tertiary/aromatic N) is 4. The Kier molecular flexibility index (Phi) is 5.31. The third-order valence-corrected chi connectivity index (χ3v) is 5.75. The van der Waals surface area contributed by atoms with Crippen molar-refractivity contribution >= 4 is 17.2 Å². The molecule has 140 valence electrons. The Morgan fingerprint density at radius 2 is 2.30 bits per heavy atom. The minimum absolute atomic E-state index is 0.0546. The van der Waals surface area contributed by atoms with Crippen LogP contribution in [-0.4, -0.2) is 44.7 Å². The predicted molar refractivity (Wildman–Crippen MR) is 107 cm³/mol. The topological polar surface area (TPSA) is 63.1 Å². The predicted octanol–water partition coefficient (Wildman–Crippen LogP) is 2.94. The number of piperidine rings is 1. The zero-order valence-electron chi connectivity index (χ0n) is 15.3. The number of hydrogen-bond donors (Lipinski definition) is 1. The summed E-state index contributed by atoms with van der Waals surface area (Å²) < 4.78 is 1.67. The molecule has 0 aromatic carbocycles. The van der Waals surface area contributed by atoms with Crippen LogP contribution in [0, 0.1) is 0 Å². The van der Waals surface area contributed by atoms with Gasteiger partial charge in [0.1, 0.15) is 11.4 Å². The second-order valence-electron chi connectivity index (χ2n) is 6.92.